The van der Waals surface area contributed by atoms with Crippen LogP contribution in [0.25, 0.3) is 10.2 Å². The van der Waals surface area contributed by atoms with Crippen LogP contribution < -0.4 is 5.32 Å². The van der Waals surface area contributed by atoms with Crippen molar-refractivity contribution in [3.63, 3.8) is 0 Å². The van der Waals surface area contributed by atoms with Gasteiger partial charge in [0.25, 0.3) is 5.91 Å². The average Bonchev–Trinajstić information content (AvgIpc) is 3.04. The zero-order valence-electron chi connectivity index (χ0n) is 15.4. The number of nitrogens with one attached hydrogen (secondary N) is 1. The molecule has 0 aliphatic rings. The summed E-state index contributed by atoms with van der Waals surface area (Å²) in [6.07, 6.45) is 0.793. The third-order valence-electron chi connectivity index (χ3n) is 4.07. The van der Waals surface area contributed by atoms with Crippen LogP contribution in [-0.4, -0.2) is 23.0 Å². The molecule has 1 atom stereocenters. The van der Waals surface area contributed by atoms with Crippen LogP contribution in [0, 0.1) is 6.92 Å². The Kier molecular flexibility index (Phi) is 6.19. The van der Waals surface area contributed by atoms with E-state index in [0.29, 0.717) is 12.1 Å². The van der Waals surface area contributed by atoms with Crippen LogP contribution in [0.15, 0.2) is 48.5 Å². The topological polar surface area (TPSA) is 68.3 Å². The number of nitrogens with zero attached hydrogens (tertiary/aromatic N) is 1. The number of hydrogen-bond donors (Lipinski definition) is 1. The molecule has 27 heavy (non-hydrogen) atoms. The summed E-state index contributed by atoms with van der Waals surface area (Å²) in [5.74, 6) is -0.705. The van der Waals surface area contributed by atoms with Gasteiger partial charge in [-0.3, -0.25) is 9.59 Å². The smallest absolute Gasteiger partial charge is 0.306 e. The molecule has 0 saturated heterocycles. The molecule has 5 nitrogen and oxygen atoms in total. The molecule has 1 heterocycles. The zero-order chi connectivity index (χ0) is 19.2. The van der Waals surface area contributed by atoms with E-state index in [1.54, 1.807) is 24.3 Å². The van der Waals surface area contributed by atoms with Gasteiger partial charge in [0.05, 0.1) is 15.2 Å². The summed E-state index contributed by atoms with van der Waals surface area (Å²) >= 11 is 1.64. The fourth-order valence-electron chi connectivity index (χ4n) is 2.69. The number of amides is 1. The molecular formula is C21H22N2O3S. The SMILES string of the molecule is Cc1cccc(NC(=O)[C@@H](C)OC(=O)CCCc2nc3ccccc3s2)c1. The number of carbonyl (C=O) groups excluding carboxylic acids is 2. The molecule has 1 amide bonds. The van der Waals surface area contributed by atoms with Gasteiger partial charge in [-0.1, -0.05) is 24.3 Å². The number of thiazole rings is 1. The Morgan fingerprint density at radius 1 is 1.19 bits per heavy atom. The highest BCUT2D eigenvalue weighted by atomic mass is 32.1. The maximum atomic E-state index is 12.2. The van der Waals surface area contributed by atoms with Gasteiger partial charge in [-0.2, -0.15) is 0 Å². The van der Waals surface area contributed by atoms with E-state index >= 15 is 0 Å². The zero-order valence-corrected chi connectivity index (χ0v) is 16.2. The van der Waals surface area contributed by atoms with Gasteiger partial charge >= 0.3 is 5.97 Å². The second kappa shape index (κ2) is 8.77. The van der Waals surface area contributed by atoms with Crippen LogP contribution in [0.2, 0.25) is 0 Å². The van der Waals surface area contributed by atoms with Crippen LogP contribution in [-0.2, 0) is 20.7 Å². The molecule has 1 aromatic heterocycles. The molecule has 3 rings (SSSR count). The molecule has 0 fully saturated rings. The quantitative estimate of drug-likeness (QED) is 0.611. The van der Waals surface area contributed by atoms with E-state index in [2.05, 4.69) is 10.3 Å². The van der Waals surface area contributed by atoms with E-state index in [1.165, 1.54) is 0 Å². The van der Waals surface area contributed by atoms with Gasteiger partial charge in [0.15, 0.2) is 6.10 Å². The van der Waals surface area contributed by atoms with Gasteiger partial charge in [0.1, 0.15) is 0 Å². The van der Waals surface area contributed by atoms with Crippen LogP contribution in [0.1, 0.15) is 30.3 Å². The highest BCUT2D eigenvalue weighted by Gasteiger charge is 2.18. The minimum atomic E-state index is -0.833. The van der Waals surface area contributed by atoms with Crippen molar-refractivity contribution < 1.29 is 14.3 Å². The third kappa shape index (κ3) is 5.37. The van der Waals surface area contributed by atoms with Crippen LogP contribution in [0.3, 0.4) is 0 Å². The lowest BCUT2D eigenvalue weighted by atomic mass is 10.2. The summed E-state index contributed by atoms with van der Waals surface area (Å²) < 4.78 is 6.39. The van der Waals surface area contributed by atoms with Crippen molar-refractivity contribution in [2.75, 3.05) is 5.32 Å². The molecule has 0 unspecified atom stereocenters. The van der Waals surface area contributed by atoms with Crippen molar-refractivity contribution in [1.82, 2.24) is 4.98 Å². The number of benzene rings is 2. The Morgan fingerprint density at radius 2 is 2.00 bits per heavy atom. The Balaban J connectivity index is 1.43. The van der Waals surface area contributed by atoms with Crippen molar-refractivity contribution in [3.05, 3.63) is 59.1 Å². The maximum absolute atomic E-state index is 12.2. The standard InChI is InChI=1S/C21H22N2O3S/c1-14-7-5-8-16(13-14)22-21(25)15(2)26-20(24)12-6-11-19-23-17-9-3-4-10-18(17)27-19/h3-5,7-10,13,15H,6,11-12H2,1-2H3,(H,22,25)/t15-/m1/s1. The van der Waals surface area contributed by atoms with Gasteiger partial charge in [0, 0.05) is 12.1 Å². The maximum Gasteiger partial charge on any atom is 0.306 e. The van der Waals surface area contributed by atoms with E-state index in [1.807, 2.05) is 49.4 Å². The molecule has 0 spiro atoms. The summed E-state index contributed by atoms with van der Waals surface area (Å²) in [7, 11) is 0. The van der Waals surface area contributed by atoms with E-state index in [4.69, 9.17) is 4.74 Å². The second-order valence-electron chi connectivity index (χ2n) is 6.42. The summed E-state index contributed by atoms with van der Waals surface area (Å²) in [6.45, 7) is 3.53. The van der Waals surface area contributed by atoms with Crippen molar-refractivity contribution in [2.45, 2.75) is 39.2 Å². The Morgan fingerprint density at radius 3 is 2.78 bits per heavy atom. The lowest BCUT2D eigenvalue weighted by Gasteiger charge is -2.13. The van der Waals surface area contributed by atoms with Crippen molar-refractivity contribution >= 4 is 39.1 Å². The number of ether oxygens (including phenoxy) is 1. The molecule has 140 valence electrons. The first kappa shape index (κ1) is 19.0. The molecular weight excluding hydrogens is 360 g/mol. The molecule has 0 radical (unpaired) electrons. The summed E-state index contributed by atoms with van der Waals surface area (Å²) in [5.41, 5.74) is 2.73. The van der Waals surface area contributed by atoms with Crippen molar-refractivity contribution in [3.8, 4) is 0 Å². The molecule has 1 N–H and O–H groups in total. The number of aromatic nitrogens is 1. The van der Waals surface area contributed by atoms with Crippen LogP contribution in [0.5, 0.6) is 0 Å². The number of fused-ring (bicyclic) bond motifs is 1. The first-order valence-electron chi connectivity index (χ1n) is 8.93. The first-order chi connectivity index (χ1) is 13.0. The average molecular weight is 382 g/mol. The molecule has 0 aliphatic heterocycles. The Labute approximate surface area is 162 Å². The lowest BCUT2D eigenvalue weighted by Crippen LogP contribution is -2.29. The van der Waals surface area contributed by atoms with Gasteiger partial charge in [-0.25, -0.2) is 4.98 Å². The highest BCUT2D eigenvalue weighted by Crippen LogP contribution is 2.22. The van der Waals surface area contributed by atoms with E-state index < -0.39 is 6.10 Å². The van der Waals surface area contributed by atoms with E-state index in [0.717, 1.165) is 27.2 Å². The predicted molar refractivity (Wildman–Crippen MR) is 108 cm³/mol. The molecule has 2 aromatic carbocycles. The number of para-hydroxylation sites is 1. The fraction of sp³-hybridized carbons (Fsp3) is 0.286. The molecule has 6 heteroatoms. The summed E-state index contributed by atoms with van der Waals surface area (Å²) in [5, 5.41) is 3.77. The van der Waals surface area contributed by atoms with Gasteiger partial charge < -0.3 is 10.1 Å². The van der Waals surface area contributed by atoms with E-state index in [9.17, 15) is 9.59 Å². The van der Waals surface area contributed by atoms with Crippen molar-refractivity contribution in [2.24, 2.45) is 0 Å². The Hall–Kier alpha value is -2.73. The van der Waals surface area contributed by atoms with Gasteiger partial charge in [-0.15, -0.1) is 11.3 Å². The number of carbonyl (C=O) groups is 2. The minimum Gasteiger partial charge on any atom is -0.453 e. The first-order valence-corrected chi connectivity index (χ1v) is 9.74. The molecule has 0 aliphatic carbocycles. The largest absolute Gasteiger partial charge is 0.453 e. The second-order valence-corrected chi connectivity index (χ2v) is 7.53. The number of aryl methyl sites for hydroxylation is 2. The molecule has 0 saturated carbocycles. The van der Waals surface area contributed by atoms with Crippen molar-refractivity contribution in [1.29, 1.82) is 0 Å². The third-order valence-corrected chi connectivity index (χ3v) is 5.17. The highest BCUT2D eigenvalue weighted by molar-refractivity contribution is 7.18. The summed E-state index contributed by atoms with van der Waals surface area (Å²) in [6, 6.07) is 15.5. The normalized spacial score (nSPS) is 11.9. The summed E-state index contributed by atoms with van der Waals surface area (Å²) in [4.78, 5) is 28.7. The Bertz CT molecular complexity index is 918. The minimum absolute atomic E-state index is 0.262. The fourth-order valence-corrected chi connectivity index (χ4v) is 3.70. The lowest BCUT2D eigenvalue weighted by molar-refractivity contribution is -0.153. The number of esters is 1. The molecule has 0 bridgehead atoms. The molecule has 3 aromatic rings. The van der Waals surface area contributed by atoms with Gasteiger partial charge in [0.2, 0.25) is 0 Å². The number of rotatable bonds is 7. The number of hydrogen-bond acceptors (Lipinski definition) is 5. The van der Waals surface area contributed by atoms with Crippen LogP contribution in [0.4, 0.5) is 5.69 Å². The van der Waals surface area contributed by atoms with Crippen LogP contribution >= 0.6 is 11.3 Å². The van der Waals surface area contributed by atoms with Gasteiger partial charge in [-0.05, 0) is 56.5 Å². The predicted octanol–water partition coefficient (Wildman–Crippen LogP) is 4.50. The number of anilines is 1. The monoisotopic (exact) mass is 382 g/mol. The van der Waals surface area contributed by atoms with E-state index in [-0.39, 0.29) is 18.3 Å².